The van der Waals surface area contributed by atoms with Crippen LogP contribution in [0.4, 0.5) is 13.6 Å². The first kappa shape index (κ1) is 23.9. The molecule has 0 unspecified atom stereocenters. The van der Waals surface area contributed by atoms with Gasteiger partial charge in [-0.05, 0) is 63.6 Å². The first-order valence-corrected chi connectivity index (χ1v) is 11.5. The number of rotatable bonds is 5. The maximum absolute atomic E-state index is 13.6. The lowest BCUT2D eigenvalue weighted by atomic mass is 9.91. The fraction of sp³-hybridized carbons (Fsp3) is 0.609. The van der Waals surface area contributed by atoms with Crippen molar-refractivity contribution in [3.8, 4) is 0 Å². The Morgan fingerprint density at radius 1 is 0.969 bits per heavy atom. The minimum atomic E-state index is -1.07. The Labute approximate surface area is 187 Å². The first-order valence-electron chi connectivity index (χ1n) is 11.5. The third kappa shape index (κ3) is 7.17. The number of nitrogens with one attached hydrogen (secondary N) is 3. The molecule has 3 N–H and O–H groups in total. The summed E-state index contributed by atoms with van der Waals surface area (Å²) < 4.78 is 31.7. The average Bonchev–Trinajstić information content (AvgIpc) is 2.78. The molecular weight excluding hydrogens is 418 g/mol. The third-order valence-corrected chi connectivity index (χ3v) is 5.97. The van der Waals surface area contributed by atoms with E-state index in [4.69, 9.17) is 9.73 Å². The third-order valence-electron chi connectivity index (χ3n) is 5.97. The number of ether oxygens (including phenoxy) is 1. The minimum absolute atomic E-state index is 0.00779. The summed E-state index contributed by atoms with van der Waals surface area (Å²) in [5, 5.41) is 8.97. The smallest absolute Gasteiger partial charge is 0.407 e. The molecule has 176 valence electrons. The number of carbonyl (C=O) groups excluding carboxylic acids is 2. The van der Waals surface area contributed by atoms with Crippen molar-refractivity contribution in [2.24, 2.45) is 4.99 Å². The van der Waals surface area contributed by atoms with E-state index in [1.165, 1.54) is 12.5 Å². The van der Waals surface area contributed by atoms with Gasteiger partial charge in [0.2, 0.25) is 0 Å². The Morgan fingerprint density at radius 3 is 2.31 bits per heavy atom. The molecule has 0 heterocycles. The highest BCUT2D eigenvalue weighted by Crippen LogP contribution is 2.22. The van der Waals surface area contributed by atoms with Crippen molar-refractivity contribution < 1.29 is 23.1 Å². The predicted octanol–water partition coefficient (Wildman–Crippen LogP) is 4.03. The number of halogens is 2. The zero-order valence-corrected chi connectivity index (χ0v) is 18.5. The molecule has 0 spiro atoms. The number of guanidine groups is 1. The summed E-state index contributed by atoms with van der Waals surface area (Å²) in [6, 6.07) is 3.33. The second-order valence-corrected chi connectivity index (χ2v) is 8.41. The van der Waals surface area contributed by atoms with Gasteiger partial charge < -0.3 is 15.4 Å². The summed E-state index contributed by atoms with van der Waals surface area (Å²) in [6.07, 6.45) is 8.07. The van der Waals surface area contributed by atoms with Crippen LogP contribution in [0, 0.1) is 11.6 Å². The number of amides is 2. The molecule has 0 bridgehead atoms. The molecule has 32 heavy (non-hydrogen) atoms. The standard InChI is InChI=1S/C23H32F2N4O3/c1-2-32-23(31)28-18-11-9-17(10-12-18)27-22(26-16-6-4-3-5-7-16)29-21(30)15-8-13-19(24)20(25)14-15/h8,13-14,16-18H,2-7,9-12H2,1H3,(H,28,31)(H2,26,27,29,30). The lowest BCUT2D eigenvalue weighted by molar-refractivity contribution is 0.0974. The maximum Gasteiger partial charge on any atom is 0.407 e. The Hall–Kier alpha value is -2.71. The van der Waals surface area contributed by atoms with Crippen molar-refractivity contribution in [3.05, 3.63) is 35.4 Å². The summed E-state index contributed by atoms with van der Waals surface area (Å²) in [7, 11) is 0. The normalized spacial score (nSPS) is 22.2. The maximum atomic E-state index is 13.6. The molecule has 0 aromatic heterocycles. The molecule has 2 fully saturated rings. The predicted molar refractivity (Wildman–Crippen MR) is 117 cm³/mol. The Morgan fingerprint density at radius 2 is 1.66 bits per heavy atom. The molecule has 1 aromatic carbocycles. The summed E-state index contributed by atoms with van der Waals surface area (Å²) in [6.45, 7) is 2.10. The molecule has 3 rings (SSSR count). The van der Waals surface area contributed by atoms with Crippen molar-refractivity contribution in [2.75, 3.05) is 6.61 Å². The number of hydrogen-bond acceptors (Lipinski definition) is 4. The average molecular weight is 451 g/mol. The molecule has 2 amide bonds. The van der Waals surface area contributed by atoms with Crippen LogP contribution in [0.25, 0.3) is 0 Å². The molecule has 9 heteroatoms. The van der Waals surface area contributed by atoms with Gasteiger partial charge in [-0.1, -0.05) is 19.3 Å². The van der Waals surface area contributed by atoms with E-state index in [1.807, 2.05) is 0 Å². The number of carbonyl (C=O) groups is 2. The molecule has 7 nitrogen and oxygen atoms in total. The van der Waals surface area contributed by atoms with Gasteiger partial charge in [-0.2, -0.15) is 0 Å². The molecule has 0 saturated heterocycles. The highest BCUT2D eigenvalue weighted by molar-refractivity contribution is 6.05. The fourth-order valence-electron chi connectivity index (χ4n) is 4.23. The minimum Gasteiger partial charge on any atom is -0.450 e. The first-order chi connectivity index (χ1) is 15.4. The SMILES string of the molecule is CCOC(=O)NC1CCC(N=C(NC(=O)c2ccc(F)c(F)c2)NC2CCCCC2)CC1. The van der Waals surface area contributed by atoms with Crippen LogP contribution in [0.3, 0.4) is 0 Å². The molecule has 0 aliphatic heterocycles. The van der Waals surface area contributed by atoms with Crippen molar-refractivity contribution in [1.29, 1.82) is 0 Å². The zero-order chi connectivity index (χ0) is 22.9. The summed E-state index contributed by atoms with van der Waals surface area (Å²) in [5.74, 6) is -2.23. The van der Waals surface area contributed by atoms with E-state index >= 15 is 0 Å². The number of benzene rings is 1. The van der Waals surface area contributed by atoms with E-state index in [2.05, 4.69) is 16.0 Å². The number of aliphatic imine (C=N–C) groups is 1. The van der Waals surface area contributed by atoms with E-state index in [0.717, 1.165) is 63.5 Å². The summed E-state index contributed by atoms with van der Waals surface area (Å²) in [4.78, 5) is 29.0. The Bertz CT molecular complexity index is 819. The van der Waals surface area contributed by atoms with Crippen LogP contribution in [0.2, 0.25) is 0 Å². The second-order valence-electron chi connectivity index (χ2n) is 8.41. The van der Waals surface area contributed by atoms with Crippen LogP contribution in [0.15, 0.2) is 23.2 Å². The fourth-order valence-corrected chi connectivity index (χ4v) is 4.23. The summed E-state index contributed by atoms with van der Waals surface area (Å²) in [5.41, 5.74) is 0.0318. The van der Waals surface area contributed by atoms with Gasteiger partial charge >= 0.3 is 6.09 Å². The van der Waals surface area contributed by atoms with Gasteiger partial charge in [-0.15, -0.1) is 0 Å². The van der Waals surface area contributed by atoms with E-state index in [-0.39, 0.29) is 23.7 Å². The van der Waals surface area contributed by atoms with Crippen molar-refractivity contribution in [3.63, 3.8) is 0 Å². The van der Waals surface area contributed by atoms with Crippen molar-refractivity contribution in [1.82, 2.24) is 16.0 Å². The molecular formula is C23H32F2N4O3. The van der Waals surface area contributed by atoms with Gasteiger partial charge in [0.05, 0.1) is 12.6 Å². The molecule has 2 aliphatic rings. The van der Waals surface area contributed by atoms with Crippen LogP contribution in [0.5, 0.6) is 0 Å². The number of hydrogen-bond donors (Lipinski definition) is 3. The van der Waals surface area contributed by atoms with Gasteiger partial charge in [0.1, 0.15) is 0 Å². The largest absolute Gasteiger partial charge is 0.450 e. The van der Waals surface area contributed by atoms with Crippen LogP contribution in [-0.4, -0.2) is 42.7 Å². The Kier molecular flexibility index (Phi) is 8.81. The molecule has 0 atom stereocenters. The van der Waals surface area contributed by atoms with E-state index in [0.29, 0.717) is 12.6 Å². The van der Waals surface area contributed by atoms with Crippen molar-refractivity contribution in [2.45, 2.75) is 82.8 Å². The van der Waals surface area contributed by atoms with Gasteiger partial charge in [0, 0.05) is 17.6 Å². The number of alkyl carbamates (subject to hydrolysis) is 1. The Balaban J connectivity index is 1.64. The number of nitrogens with zero attached hydrogens (tertiary/aromatic N) is 1. The molecule has 2 aliphatic carbocycles. The van der Waals surface area contributed by atoms with Gasteiger partial charge in [0.15, 0.2) is 17.6 Å². The van der Waals surface area contributed by atoms with Gasteiger partial charge in [-0.3, -0.25) is 10.1 Å². The van der Waals surface area contributed by atoms with E-state index in [9.17, 15) is 18.4 Å². The van der Waals surface area contributed by atoms with E-state index in [1.54, 1.807) is 6.92 Å². The quantitative estimate of drug-likeness (QED) is 0.467. The van der Waals surface area contributed by atoms with Gasteiger partial charge in [0.25, 0.3) is 5.91 Å². The van der Waals surface area contributed by atoms with Crippen LogP contribution in [0.1, 0.15) is 75.1 Å². The lowest BCUT2D eigenvalue weighted by Gasteiger charge is -2.29. The topological polar surface area (TPSA) is 91.8 Å². The van der Waals surface area contributed by atoms with Crippen LogP contribution in [-0.2, 0) is 4.74 Å². The monoisotopic (exact) mass is 450 g/mol. The zero-order valence-electron chi connectivity index (χ0n) is 18.5. The summed E-state index contributed by atoms with van der Waals surface area (Å²) >= 11 is 0. The second kappa shape index (κ2) is 11.8. The molecule has 1 aromatic rings. The van der Waals surface area contributed by atoms with Gasteiger partial charge in [-0.25, -0.2) is 18.6 Å². The molecule has 0 radical (unpaired) electrons. The van der Waals surface area contributed by atoms with E-state index < -0.39 is 23.6 Å². The van der Waals surface area contributed by atoms with Crippen molar-refractivity contribution >= 4 is 18.0 Å². The highest BCUT2D eigenvalue weighted by Gasteiger charge is 2.24. The van der Waals surface area contributed by atoms with Crippen LogP contribution < -0.4 is 16.0 Å². The molecule has 2 saturated carbocycles. The highest BCUT2D eigenvalue weighted by atomic mass is 19.2. The lowest BCUT2D eigenvalue weighted by Crippen LogP contribution is -2.47. The van der Waals surface area contributed by atoms with Crippen LogP contribution >= 0.6 is 0 Å².